The SMILES string of the molecule is CC(C)NC(=O)[C@H](C)Sc1nc2ccccc2s1. The molecule has 1 aromatic heterocycles. The summed E-state index contributed by atoms with van der Waals surface area (Å²) in [5.41, 5.74) is 1.00. The molecule has 0 spiro atoms. The summed E-state index contributed by atoms with van der Waals surface area (Å²) in [5.74, 6) is 0.0641. The zero-order chi connectivity index (χ0) is 13.1. The quantitative estimate of drug-likeness (QED) is 0.874. The number of benzene rings is 1. The Hall–Kier alpha value is -1.07. The zero-order valence-electron chi connectivity index (χ0n) is 10.6. The van der Waals surface area contributed by atoms with Crippen LogP contribution in [0, 0.1) is 0 Å². The van der Waals surface area contributed by atoms with Crippen molar-refractivity contribution in [1.29, 1.82) is 0 Å². The van der Waals surface area contributed by atoms with Crippen LogP contribution in [0.4, 0.5) is 0 Å². The van der Waals surface area contributed by atoms with Gasteiger partial charge in [-0.05, 0) is 32.9 Å². The Labute approximate surface area is 115 Å². The standard InChI is InChI=1S/C13H16N2OS2/c1-8(2)14-12(16)9(3)17-13-15-10-6-4-5-7-11(10)18-13/h4-9H,1-3H3,(H,14,16)/t9-/m0/s1. The van der Waals surface area contributed by atoms with Crippen molar-refractivity contribution in [2.45, 2.75) is 36.4 Å². The molecule has 0 saturated heterocycles. The Morgan fingerprint density at radius 2 is 2.06 bits per heavy atom. The first-order valence-corrected chi connectivity index (χ1v) is 7.58. The normalized spacial score (nSPS) is 12.9. The molecule has 0 aliphatic carbocycles. The molecule has 1 heterocycles. The second-order valence-corrected chi connectivity index (χ2v) is 6.99. The lowest BCUT2D eigenvalue weighted by Crippen LogP contribution is -2.35. The van der Waals surface area contributed by atoms with Gasteiger partial charge < -0.3 is 5.32 Å². The lowest BCUT2D eigenvalue weighted by Gasteiger charge is -2.12. The van der Waals surface area contributed by atoms with Gasteiger partial charge in [-0.1, -0.05) is 23.9 Å². The molecule has 0 unspecified atom stereocenters. The van der Waals surface area contributed by atoms with E-state index in [1.54, 1.807) is 11.3 Å². The number of carbonyl (C=O) groups is 1. The topological polar surface area (TPSA) is 42.0 Å². The first-order chi connectivity index (χ1) is 8.56. The highest BCUT2D eigenvalue weighted by atomic mass is 32.2. The lowest BCUT2D eigenvalue weighted by molar-refractivity contribution is -0.120. The van der Waals surface area contributed by atoms with Crippen molar-refractivity contribution >= 4 is 39.2 Å². The van der Waals surface area contributed by atoms with Gasteiger partial charge >= 0.3 is 0 Å². The summed E-state index contributed by atoms with van der Waals surface area (Å²) < 4.78 is 2.11. The number of hydrogen-bond acceptors (Lipinski definition) is 4. The maximum atomic E-state index is 11.8. The Balaban J connectivity index is 2.06. The van der Waals surface area contributed by atoms with Crippen molar-refractivity contribution < 1.29 is 4.79 Å². The molecule has 1 aromatic carbocycles. The second kappa shape index (κ2) is 5.71. The molecule has 2 aromatic rings. The average Bonchev–Trinajstić information content (AvgIpc) is 2.69. The predicted molar refractivity (Wildman–Crippen MR) is 78.2 cm³/mol. The molecule has 2 rings (SSSR count). The molecular formula is C13H16N2OS2. The third-order valence-corrected chi connectivity index (χ3v) is 4.58. The molecule has 1 N–H and O–H groups in total. The summed E-state index contributed by atoms with van der Waals surface area (Å²) in [6.07, 6.45) is 0. The molecule has 1 amide bonds. The average molecular weight is 280 g/mol. The minimum atomic E-state index is -0.118. The fourth-order valence-corrected chi connectivity index (χ4v) is 3.73. The van der Waals surface area contributed by atoms with Crippen LogP contribution in [0.15, 0.2) is 28.6 Å². The third-order valence-electron chi connectivity index (χ3n) is 2.35. The molecule has 0 aliphatic rings. The van der Waals surface area contributed by atoms with Crippen molar-refractivity contribution in [2.24, 2.45) is 0 Å². The number of nitrogens with one attached hydrogen (secondary N) is 1. The van der Waals surface area contributed by atoms with Gasteiger partial charge in [0, 0.05) is 6.04 Å². The molecular weight excluding hydrogens is 264 g/mol. The van der Waals surface area contributed by atoms with Crippen molar-refractivity contribution in [3.05, 3.63) is 24.3 Å². The van der Waals surface area contributed by atoms with Crippen LogP contribution in [-0.4, -0.2) is 22.2 Å². The van der Waals surface area contributed by atoms with Crippen LogP contribution < -0.4 is 5.32 Å². The van der Waals surface area contributed by atoms with Crippen molar-refractivity contribution in [3.8, 4) is 0 Å². The summed E-state index contributed by atoms with van der Waals surface area (Å²) >= 11 is 3.15. The van der Waals surface area contributed by atoms with E-state index in [0.717, 1.165) is 14.6 Å². The fourth-order valence-electron chi connectivity index (χ4n) is 1.51. The maximum absolute atomic E-state index is 11.8. The molecule has 0 aliphatic heterocycles. The molecule has 0 bridgehead atoms. The molecule has 5 heteroatoms. The monoisotopic (exact) mass is 280 g/mol. The van der Waals surface area contributed by atoms with E-state index in [9.17, 15) is 4.79 Å². The van der Waals surface area contributed by atoms with Crippen molar-refractivity contribution in [1.82, 2.24) is 10.3 Å². The third kappa shape index (κ3) is 3.23. The van der Waals surface area contributed by atoms with E-state index in [-0.39, 0.29) is 17.2 Å². The summed E-state index contributed by atoms with van der Waals surface area (Å²) in [7, 11) is 0. The van der Waals surface area contributed by atoms with Gasteiger partial charge in [0.05, 0.1) is 15.5 Å². The number of thioether (sulfide) groups is 1. The Morgan fingerprint density at radius 1 is 1.33 bits per heavy atom. The highest BCUT2D eigenvalue weighted by Crippen LogP contribution is 2.31. The van der Waals surface area contributed by atoms with E-state index in [1.807, 2.05) is 39.0 Å². The summed E-state index contributed by atoms with van der Waals surface area (Å²) in [6, 6.07) is 8.20. The molecule has 0 radical (unpaired) electrons. The zero-order valence-corrected chi connectivity index (χ0v) is 12.3. The maximum Gasteiger partial charge on any atom is 0.233 e. The molecule has 96 valence electrons. The van der Waals surface area contributed by atoms with Crippen LogP contribution in [0.1, 0.15) is 20.8 Å². The number of carbonyl (C=O) groups excluding carboxylic acids is 1. The Morgan fingerprint density at radius 3 is 2.72 bits per heavy atom. The van der Waals surface area contributed by atoms with Gasteiger partial charge in [0.2, 0.25) is 5.91 Å². The molecule has 3 nitrogen and oxygen atoms in total. The van der Waals surface area contributed by atoms with Gasteiger partial charge in [0.25, 0.3) is 0 Å². The predicted octanol–water partition coefficient (Wildman–Crippen LogP) is 3.30. The van der Waals surface area contributed by atoms with E-state index >= 15 is 0 Å². The molecule has 0 fully saturated rings. The van der Waals surface area contributed by atoms with Gasteiger partial charge in [-0.15, -0.1) is 11.3 Å². The first-order valence-electron chi connectivity index (χ1n) is 5.89. The fraction of sp³-hybridized carbons (Fsp3) is 0.385. The van der Waals surface area contributed by atoms with Gasteiger partial charge in [-0.2, -0.15) is 0 Å². The van der Waals surface area contributed by atoms with Crippen molar-refractivity contribution in [2.75, 3.05) is 0 Å². The summed E-state index contributed by atoms with van der Waals surface area (Å²) in [6.45, 7) is 5.84. The minimum Gasteiger partial charge on any atom is -0.353 e. The number of aromatic nitrogens is 1. The second-order valence-electron chi connectivity index (χ2n) is 4.37. The summed E-state index contributed by atoms with van der Waals surface area (Å²) in [5, 5.41) is 2.80. The van der Waals surface area contributed by atoms with Gasteiger partial charge in [-0.3, -0.25) is 4.79 Å². The van der Waals surface area contributed by atoms with Crippen LogP contribution in [0.3, 0.4) is 0 Å². The summed E-state index contributed by atoms with van der Waals surface area (Å²) in [4.78, 5) is 16.3. The number of amides is 1. The van der Waals surface area contributed by atoms with Gasteiger partial charge in [0.15, 0.2) is 4.34 Å². The largest absolute Gasteiger partial charge is 0.353 e. The van der Waals surface area contributed by atoms with Crippen LogP contribution in [0.5, 0.6) is 0 Å². The molecule has 0 saturated carbocycles. The van der Waals surface area contributed by atoms with Crippen LogP contribution in [-0.2, 0) is 4.79 Å². The Kier molecular flexibility index (Phi) is 4.24. The van der Waals surface area contributed by atoms with E-state index in [2.05, 4.69) is 16.4 Å². The van der Waals surface area contributed by atoms with Crippen LogP contribution in [0.2, 0.25) is 0 Å². The number of hydrogen-bond donors (Lipinski definition) is 1. The van der Waals surface area contributed by atoms with Crippen molar-refractivity contribution in [3.63, 3.8) is 0 Å². The minimum absolute atomic E-state index is 0.0641. The van der Waals surface area contributed by atoms with E-state index < -0.39 is 0 Å². The number of rotatable bonds is 4. The van der Waals surface area contributed by atoms with E-state index in [1.165, 1.54) is 11.8 Å². The molecule has 1 atom stereocenters. The highest BCUT2D eigenvalue weighted by Gasteiger charge is 2.17. The number of nitrogens with zero attached hydrogens (tertiary/aromatic N) is 1. The van der Waals surface area contributed by atoms with Crippen LogP contribution >= 0.6 is 23.1 Å². The van der Waals surface area contributed by atoms with E-state index in [0.29, 0.717) is 0 Å². The van der Waals surface area contributed by atoms with E-state index in [4.69, 9.17) is 0 Å². The number of fused-ring (bicyclic) bond motifs is 1. The smallest absolute Gasteiger partial charge is 0.233 e. The number of para-hydroxylation sites is 1. The molecule has 18 heavy (non-hydrogen) atoms. The number of thiazole rings is 1. The van der Waals surface area contributed by atoms with Crippen LogP contribution in [0.25, 0.3) is 10.2 Å². The lowest BCUT2D eigenvalue weighted by atomic mass is 10.3. The Bertz CT molecular complexity index is 518. The first kappa shape index (κ1) is 13.4. The van der Waals surface area contributed by atoms with Gasteiger partial charge in [-0.25, -0.2) is 4.98 Å². The van der Waals surface area contributed by atoms with Gasteiger partial charge in [0.1, 0.15) is 0 Å². The highest BCUT2D eigenvalue weighted by molar-refractivity contribution is 8.02.